The summed E-state index contributed by atoms with van der Waals surface area (Å²) < 4.78 is 0. The van der Waals surface area contributed by atoms with Gasteiger partial charge in [-0.2, -0.15) is 0 Å². The third kappa shape index (κ3) is 1.60. The number of aliphatic carboxylic acids is 1. The Labute approximate surface area is 94.1 Å². The van der Waals surface area contributed by atoms with Crippen molar-refractivity contribution >= 4 is 11.7 Å². The van der Waals surface area contributed by atoms with Crippen LogP contribution in [0, 0.1) is 5.92 Å². The molecule has 0 aromatic heterocycles. The van der Waals surface area contributed by atoms with E-state index in [1.807, 2.05) is 18.0 Å². The van der Waals surface area contributed by atoms with Gasteiger partial charge in [0.2, 0.25) is 0 Å². The predicted octanol–water partition coefficient (Wildman–Crippen LogP) is 1.65. The van der Waals surface area contributed by atoms with E-state index in [0.29, 0.717) is 6.54 Å². The van der Waals surface area contributed by atoms with Crippen molar-refractivity contribution in [1.29, 1.82) is 0 Å². The zero-order valence-corrected chi connectivity index (χ0v) is 9.34. The van der Waals surface area contributed by atoms with Crippen molar-refractivity contribution < 1.29 is 15.0 Å². The lowest BCUT2D eigenvalue weighted by atomic mass is 9.89. The highest BCUT2D eigenvalue weighted by Gasteiger charge is 2.34. The molecule has 4 nitrogen and oxygen atoms in total. The highest BCUT2D eigenvalue weighted by molar-refractivity contribution is 5.73. The third-order valence-electron chi connectivity index (χ3n) is 3.29. The fourth-order valence-corrected chi connectivity index (χ4v) is 2.28. The fraction of sp³-hybridized carbons (Fsp3) is 0.417. The van der Waals surface area contributed by atoms with Gasteiger partial charge in [0, 0.05) is 25.2 Å². The Morgan fingerprint density at radius 2 is 2.25 bits per heavy atom. The second-order valence-electron chi connectivity index (χ2n) is 4.36. The number of aromatic hydroxyl groups is 1. The Kier molecular flexibility index (Phi) is 2.50. The van der Waals surface area contributed by atoms with E-state index < -0.39 is 11.9 Å². The van der Waals surface area contributed by atoms with Crippen LogP contribution in [0.4, 0.5) is 5.69 Å². The third-order valence-corrected chi connectivity index (χ3v) is 3.29. The van der Waals surface area contributed by atoms with E-state index in [-0.39, 0.29) is 11.7 Å². The van der Waals surface area contributed by atoms with E-state index in [1.165, 1.54) is 0 Å². The molecule has 0 radical (unpaired) electrons. The molecule has 1 aliphatic rings. The van der Waals surface area contributed by atoms with Gasteiger partial charge in [-0.1, -0.05) is 6.92 Å². The van der Waals surface area contributed by atoms with Crippen LogP contribution in [0.1, 0.15) is 18.4 Å². The van der Waals surface area contributed by atoms with Crippen LogP contribution in [0.15, 0.2) is 18.2 Å². The lowest BCUT2D eigenvalue weighted by Gasteiger charge is -2.16. The molecule has 2 atom stereocenters. The minimum atomic E-state index is -0.797. The number of anilines is 1. The molecule has 86 valence electrons. The van der Waals surface area contributed by atoms with Crippen molar-refractivity contribution in [3.05, 3.63) is 23.8 Å². The zero-order chi connectivity index (χ0) is 11.9. The summed E-state index contributed by atoms with van der Waals surface area (Å²) in [4.78, 5) is 13.0. The second-order valence-corrected chi connectivity index (χ2v) is 4.36. The number of fused-ring (bicyclic) bond motifs is 1. The zero-order valence-electron chi connectivity index (χ0n) is 9.34. The van der Waals surface area contributed by atoms with Crippen LogP contribution < -0.4 is 4.90 Å². The van der Waals surface area contributed by atoms with Crippen molar-refractivity contribution in [1.82, 2.24) is 0 Å². The molecule has 0 aliphatic carbocycles. The Morgan fingerprint density at radius 3 is 2.88 bits per heavy atom. The normalized spacial score (nSPS) is 20.6. The Bertz CT molecular complexity index is 430. The number of phenolic OH excluding ortho intramolecular Hbond substituents is 1. The maximum Gasteiger partial charge on any atom is 0.306 e. The average molecular weight is 221 g/mol. The molecule has 2 unspecified atom stereocenters. The van der Waals surface area contributed by atoms with Gasteiger partial charge < -0.3 is 15.1 Å². The molecule has 0 saturated heterocycles. The molecule has 0 saturated carbocycles. The van der Waals surface area contributed by atoms with Gasteiger partial charge >= 0.3 is 5.97 Å². The SMILES string of the molecule is CC(C(=O)O)C1CN(C)c2ccc(O)cc21. The van der Waals surface area contributed by atoms with Gasteiger partial charge in [-0.15, -0.1) is 0 Å². The van der Waals surface area contributed by atoms with Crippen LogP contribution in [-0.2, 0) is 4.79 Å². The summed E-state index contributed by atoms with van der Waals surface area (Å²) in [6.45, 7) is 2.40. The first kappa shape index (κ1) is 10.8. The van der Waals surface area contributed by atoms with Gasteiger partial charge in [0.05, 0.1) is 5.92 Å². The summed E-state index contributed by atoms with van der Waals surface area (Å²) in [5, 5.41) is 18.5. The van der Waals surface area contributed by atoms with E-state index in [9.17, 15) is 9.90 Å². The molecule has 1 aromatic carbocycles. The van der Waals surface area contributed by atoms with Gasteiger partial charge in [0.15, 0.2) is 0 Å². The number of likely N-dealkylation sites (N-methyl/N-ethyl adjacent to an activating group) is 1. The van der Waals surface area contributed by atoms with E-state index in [1.54, 1.807) is 19.1 Å². The molecule has 0 spiro atoms. The first-order valence-corrected chi connectivity index (χ1v) is 5.27. The minimum absolute atomic E-state index is 0.0513. The maximum absolute atomic E-state index is 11.0. The molecule has 4 heteroatoms. The second kappa shape index (κ2) is 3.70. The number of nitrogens with zero attached hydrogens (tertiary/aromatic N) is 1. The Hall–Kier alpha value is -1.71. The van der Waals surface area contributed by atoms with Crippen LogP contribution >= 0.6 is 0 Å². The molecule has 1 aromatic rings. The quantitative estimate of drug-likeness (QED) is 0.797. The van der Waals surface area contributed by atoms with Gasteiger partial charge in [-0.25, -0.2) is 0 Å². The van der Waals surface area contributed by atoms with Crippen molar-refractivity contribution in [3.8, 4) is 5.75 Å². The number of benzene rings is 1. The monoisotopic (exact) mass is 221 g/mol. The van der Waals surface area contributed by atoms with Gasteiger partial charge in [-0.3, -0.25) is 4.79 Å². The van der Waals surface area contributed by atoms with E-state index in [4.69, 9.17) is 5.11 Å². The maximum atomic E-state index is 11.0. The molecule has 2 N–H and O–H groups in total. The van der Waals surface area contributed by atoms with Crippen molar-refractivity contribution in [2.45, 2.75) is 12.8 Å². The first-order valence-electron chi connectivity index (χ1n) is 5.27. The summed E-state index contributed by atoms with van der Waals surface area (Å²) in [7, 11) is 1.93. The topological polar surface area (TPSA) is 60.8 Å². The minimum Gasteiger partial charge on any atom is -0.508 e. The predicted molar refractivity (Wildman–Crippen MR) is 60.9 cm³/mol. The summed E-state index contributed by atoms with van der Waals surface area (Å²) in [6, 6.07) is 5.13. The number of carboxylic acid groups (broad SMARTS) is 1. The first-order chi connectivity index (χ1) is 7.50. The molecule has 2 rings (SSSR count). The molecular formula is C12H15NO3. The van der Waals surface area contributed by atoms with E-state index in [2.05, 4.69) is 0 Å². The molecular weight excluding hydrogens is 206 g/mol. The average Bonchev–Trinajstić information content (AvgIpc) is 2.54. The van der Waals surface area contributed by atoms with E-state index in [0.717, 1.165) is 11.3 Å². The number of phenols is 1. The van der Waals surface area contributed by atoms with Crippen LogP contribution in [0.5, 0.6) is 5.75 Å². The number of carbonyl (C=O) groups is 1. The van der Waals surface area contributed by atoms with Gasteiger partial charge in [0.25, 0.3) is 0 Å². The fourth-order valence-electron chi connectivity index (χ4n) is 2.28. The van der Waals surface area contributed by atoms with Crippen molar-refractivity contribution in [2.75, 3.05) is 18.5 Å². The lowest BCUT2D eigenvalue weighted by molar-refractivity contribution is -0.141. The Morgan fingerprint density at radius 1 is 1.56 bits per heavy atom. The lowest BCUT2D eigenvalue weighted by Crippen LogP contribution is -2.23. The van der Waals surface area contributed by atoms with Crippen LogP contribution in [-0.4, -0.2) is 29.8 Å². The van der Waals surface area contributed by atoms with Crippen molar-refractivity contribution in [2.24, 2.45) is 5.92 Å². The van der Waals surface area contributed by atoms with Crippen LogP contribution in [0.2, 0.25) is 0 Å². The largest absolute Gasteiger partial charge is 0.508 e. The standard InChI is InChI=1S/C12H15NO3/c1-7(12(15)16)10-6-13(2)11-4-3-8(14)5-9(10)11/h3-5,7,10,14H,6H2,1-2H3,(H,15,16). The van der Waals surface area contributed by atoms with Crippen LogP contribution in [0.3, 0.4) is 0 Å². The van der Waals surface area contributed by atoms with Crippen LogP contribution in [0.25, 0.3) is 0 Å². The summed E-state index contributed by atoms with van der Waals surface area (Å²) in [6.07, 6.45) is 0. The van der Waals surface area contributed by atoms with Gasteiger partial charge in [0.1, 0.15) is 5.75 Å². The number of rotatable bonds is 2. The molecule has 0 bridgehead atoms. The summed E-state index contributed by atoms with van der Waals surface area (Å²) in [5.41, 5.74) is 1.94. The molecule has 1 heterocycles. The highest BCUT2D eigenvalue weighted by Crippen LogP contribution is 2.41. The Balaban J connectivity index is 2.41. The summed E-state index contributed by atoms with van der Waals surface area (Å²) >= 11 is 0. The number of hydrogen-bond donors (Lipinski definition) is 2. The van der Waals surface area contributed by atoms with Gasteiger partial charge in [-0.05, 0) is 23.8 Å². The number of carboxylic acids is 1. The number of hydrogen-bond acceptors (Lipinski definition) is 3. The molecule has 16 heavy (non-hydrogen) atoms. The highest BCUT2D eigenvalue weighted by atomic mass is 16.4. The summed E-state index contributed by atoms with van der Waals surface area (Å²) in [5.74, 6) is -1.10. The smallest absolute Gasteiger partial charge is 0.306 e. The van der Waals surface area contributed by atoms with Crippen molar-refractivity contribution in [3.63, 3.8) is 0 Å². The molecule has 0 fully saturated rings. The molecule has 0 amide bonds. The van der Waals surface area contributed by atoms with E-state index >= 15 is 0 Å². The molecule has 1 aliphatic heterocycles.